The van der Waals surface area contributed by atoms with Crippen molar-refractivity contribution in [3.8, 4) is 0 Å². The Kier molecular flexibility index (Phi) is 7.50. The molecule has 0 saturated heterocycles. The average Bonchev–Trinajstić information content (AvgIpc) is 1.27. The van der Waals surface area contributed by atoms with Gasteiger partial charge in [-0.25, -0.2) is 0 Å². The van der Waals surface area contributed by atoms with Crippen LogP contribution in [0.4, 0.5) is 0 Å². The topological polar surface area (TPSA) is 34.1 Å². The van der Waals surface area contributed by atoms with Gasteiger partial charge in [-0.05, 0) is 13.8 Å². The third-order valence-electron chi connectivity index (χ3n) is 0.498. The van der Waals surface area contributed by atoms with E-state index in [1.54, 1.807) is 0 Å². The third kappa shape index (κ3) is 9.55. The van der Waals surface area contributed by atoms with Crippen LogP contribution in [0.3, 0.4) is 0 Å². The number of hydrogen-bond acceptors (Lipinski definition) is 2. The maximum atomic E-state index is 10.0. The van der Waals surface area contributed by atoms with Gasteiger partial charge in [0.05, 0.1) is 6.42 Å². The van der Waals surface area contributed by atoms with E-state index in [-0.39, 0.29) is 45.3 Å². The largest absolute Gasteiger partial charge is 0.300 e. The molecule has 0 rings (SSSR count). The van der Waals surface area contributed by atoms with E-state index >= 15 is 0 Å². The van der Waals surface area contributed by atoms with Crippen molar-refractivity contribution in [2.75, 3.05) is 0 Å². The maximum absolute atomic E-state index is 10.0. The molecule has 0 aliphatic rings. The summed E-state index contributed by atoms with van der Waals surface area (Å²) in [6, 6.07) is 0. The molecule has 3 heteroatoms. The summed E-state index contributed by atoms with van der Waals surface area (Å²) >= 11 is 0. The summed E-state index contributed by atoms with van der Waals surface area (Å²) in [7, 11) is 0. The van der Waals surface area contributed by atoms with Crippen LogP contribution < -0.4 is 0 Å². The van der Waals surface area contributed by atoms with Crippen molar-refractivity contribution in [1.82, 2.24) is 0 Å². The average molecular weight is 213 g/mol. The first-order valence-corrected chi connectivity index (χ1v) is 2.12. The fraction of sp³-hybridized carbons (Fsp3) is 0.600. The molecule has 0 radical (unpaired) electrons. The molecule has 8 heavy (non-hydrogen) atoms. The van der Waals surface area contributed by atoms with Gasteiger partial charge in [-0.15, -0.1) is 0 Å². The zero-order valence-electron chi connectivity index (χ0n) is 5.23. The van der Waals surface area contributed by atoms with Crippen LogP contribution in [0.15, 0.2) is 0 Å². The maximum Gasteiger partial charge on any atom is 0.137 e. The van der Waals surface area contributed by atoms with Crippen molar-refractivity contribution in [1.29, 1.82) is 0 Å². The van der Waals surface area contributed by atoms with E-state index in [1.807, 2.05) is 0 Å². The second-order valence-corrected chi connectivity index (χ2v) is 1.58. The summed E-state index contributed by atoms with van der Waals surface area (Å²) in [5, 5.41) is 0. The van der Waals surface area contributed by atoms with Gasteiger partial charge in [0.2, 0.25) is 0 Å². The molecule has 0 atom stereocenters. The summed E-state index contributed by atoms with van der Waals surface area (Å²) < 4.78 is 0. The van der Waals surface area contributed by atoms with Gasteiger partial charge < -0.3 is 0 Å². The summed E-state index contributed by atoms with van der Waals surface area (Å²) in [6.07, 6.45) is 0.0833. The van der Waals surface area contributed by atoms with Gasteiger partial charge in [0.1, 0.15) is 11.6 Å². The van der Waals surface area contributed by atoms with Crippen LogP contribution in [-0.2, 0) is 36.9 Å². The van der Waals surface area contributed by atoms with Gasteiger partial charge in [0.15, 0.2) is 0 Å². The van der Waals surface area contributed by atoms with Gasteiger partial charge in [0, 0.05) is 27.3 Å². The Labute approximate surface area is 68.8 Å². The van der Waals surface area contributed by atoms with E-state index in [1.165, 1.54) is 13.8 Å². The summed E-state index contributed by atoms with van der Waals surface area (Å²) in [5.41, 5.74) is 0. The summed E-state index contributed by atoms with van der Waals surface area (Å²) in [6.45, 7) is 2.81. The van der Waals surface area contributed by atoms with Gasteiger partial charge in [-0.2, -0.15) is 0 Å². The molecule has 0 aliphatic carbocycles. The molecule has 0 aromatic rings. The Balaban J connectivity index is 0. The first kappa shape index (κ1) is 11.1. The van der Waals surface area contributed by atoms with Crippen LogP contribution in [0.1, 0.15) is 20.3 Å². The minimum Gasteiger partial charge on any atom is -0.300 e. The van der Waals surface area contributed by atoms with Crippen molar-refractivity contribution in [2.45, 2.75) is 20.3 Å². The van der Waals surface area contributed by atoms with Crippen LogP contribution >= 0.6 is 0 Å². The Bertz CT molecular complexity index is 86.6. The first-order chi connectivity index (χ1) is 3.13. The van der Waals surface area contributed by atoms with E-state index in [0.29, 0.717) is 0 Å². The van der Waals surface area contributed by atoms with E-state index < -0.39 is 0 Å². The zero-order valence-corrected chi connectivity index (χ0v) is 9.27. The van der Waals surface area contributed by atoms with E-state index in [2.05, 4.69) is 0 Å². The van der Waals surface area contributed by atoms with E-state index in [9.17, 15) is 9.59 Å². The van der Waals surface area contributed by atoms with Crippen LogP contribution in [0, 0.1) is 0 Å². The molecule has 0 fully saturated rings. The number of ketones is 2. The van der Waals surface area contributed by atoms with Crippen LogP contribution in [-0.4, -0.2) is 11.6 Å². The predicted octanol–water partition coefficient (Wildman–Crippen LogP) is 0.552. The van der Waals surface area contributed by atoms with Crippen molar-refractivity contribution in [3.63, 3.8) is 0 Å². The second kappa shape index (κ2) is 5.40. The van der Waals surface area contributed by atoms with Crippen molar-refractivity contribution in [3.05, 3.63) is 0 Å². The normalized spacial score (nSPS) is 7.25. The molecule has 2 nitrogen and oxygen atoms in total. The monoisotopic (exact) mass is 214 g/mol. The van der Waals surface area contributed by atoms with Crippen molar-refractivity contribution in [2.24, 2.45) is 0 Å². The fourth-order valence-corrected chi connectivity index (χ4v) is 0.351. The van der Waals surface area contributed by atoms with Crippen LogP contribution in [0.25, 0.3) is 0 Å². The molecule has 0 saturated carbocycles. The fourth-order valence-electron chi connectivity index (χ4n) is 0.351. The number of carbonyl (C=O) groups is 2. The first-order valence-electron chi connectivity index (χ1n) is 2.12. The number of hydrogen-bond donors (Lipinski definition) is 0. The molecule has 0 spiro atoms. The quantitative estimate of drug-likeness (QED) is 0.495. The van der Waals surface area contributed by atoms with Gasteiger partial charge >= 0.3 is 0 Å². The molecule has 0 aromatic heterocycles. The minimum absolute atomic E-state index is 0. The smallest absolute Gasteiger partial charge is 0.137 e. The molecule has 0 N–H and O–H groups in total. The molecule has 0 unspecified atom stereocenters. The molecular formula is C5H8CdO2. The Morgan fingerprint density at radius 3 is 1.38 bits per heavy atom. The van der Waals surface area contributed by atoms with Crippen LogP contribution in [0.5, 0.6) is 0 Å². The van der Waals surface area contributed by atoms with E-state index in [4.69, 9.17) is 0 Å². The third-order valence-corrected chi connectivity index (χ3v) is 0.498. The Morgan fingerprint density at radius 1 is 1.12 bits per heavy atom. The van der Waals surface area contributed by atoms with Crippen LogP contribution in [0.2, 0.25) is 0 Å². The molecular weight excluding hydrogens is 204 g/mol. The van der Waals surface area contributed by atoms with E-state index in [0.717, 1.165) is 0 Å². The number of carbonyl (C=O) groups excluding carboxylic acids is 2. The summed E-state index contributed by atoms with van der Waals surface area (Å²) in [4.78, 5) is 20.1. The SMILES string of the molecule is CC(=O)CC(C)=O.[Cd]. The molecule has 0 aromatic carbocycles. The Morgan fingerprint density at radius 2 is 1.38 bits per heavy atom. The minimum atomic E-state index is -0.0625. The standard InChI is InChI=1S/C5H8O2.Cd/c1-4(6)3-5(2)7;/h3H2,1-2H3;. The van der Waals surface area contributed by atoms with Gasteiger partial charge in [-0.1, -0.05) is 0 Å². The second-order valence-electron chi connectivity index (χ2n) is 1.58. The zero-order chi connectivity index (χ0) is 5.86. The van der Waals surface area contributed by atoms with Crippen molar-refractivity contribution >= 4 is 11.6 Å². The molecule has 0 amide bonds. The Hall–Kier alpha value is 0.262. The summed E-state index contributed by atoms with van der Waals surface area (Å²) in [5.74, 6) is -0.125. The number of rotatable bonds is 2. The molecule has 42 valence electrons. The number of Topliss-reactive ketones (excluding diaryl/α,β-unsaturated/α-hetero) is 2. The van der Waals surface area contributed by atoms with Gasteiger partial charge in [-0.3, -0.25) is 9.59 Å². The molecule has 0 aliphatic heterocycles. The molecule has 0 heterocycles. The molecule has 0 bridgehead atoms. The van der Waals surface area contributed by atoms with Crippen molar-refractivity contribution < 1.29 is 36.9 Å². The predicted molar refractivity (Wildman–Crippen MR) is 26.0 cm³/mol. The van der Waals surface area contributed by atoms with Gasteiger partial charge in [0.25, 0.3) is 0 Å².